The first-order chi connectivity index (χ1) is 9.48. The van der Waals surface area contributed by atoms with Gasteiger partial charge in [0.05, 0.1) is 0 Å². The Kier molecular flexibility index (Phi) is 3.93. The third kappa shape index (κ3) is 2.90. The van der Waals surface area contributed by atoms with E-state index in [9.17, 15) is 9.59 Å². The highest BCUT2D eigenvalue weighted by Gasteiger charge is 2.56. The third-order valence-electron chi connectivity index (χ3n) is 3.51. The highest BCUT2D eigenvalue weighted by molar-refractivity contribution is 6.13. The van der Waals surface area contributed by atoms with E-state index in [-0.39, 0.29) is 11.8 Å². The Morgan fingerprint density at radius 3 is 2.30 bits per heavy atom. The average Bonchev–Trinajstić information content (AvgIpc) is 3.16. The minimum Gasteiger partial charge on any atom is -0.352 e. The molecule has 1 aromatic rings. The van der Waals surface area contributed by atoms with Gasteiger partial charge in [0.1, 0.15) is 5.41 Å². The van der Waals surface area contributed by atoms with Crippen LogP contribution < -0.4 is 10.6 Å². The largest absolute Gasteiger partial charge is 0.352 e. The van der Waals surface area contributed by atoms with Gasteiger partial charge >= 0.3 is 0 Å². The monoisotopic (exact) mass is 272 g/mol. The highest BCUT2D eigenvalue weighted by atomic mass is 16.2. The van der Waals surface area contributed by atoms with Crippen molar-refractivity contribution in [3.05, 3.63) is 42.0 Å². The van der Waals surface area contributed by atoms with E-state index in [4.69, 9.17) is 0 Å². The predicted octanol–water partition coefficient (Wildman–Crippen LogP) is 2.32. The van der Waals surface area contributed by atoms with E-state index in [1.54, 1.807) is 6.08 Å². The van der Waals surface area contributed by atoms with Crippen LogP contribution in [0.15, 0.2) is 30.9 Å². The van der Waals surface area contributed by atoms with Crippen molar-refractivity contribution in [3.63, 3.8) is 0 Å². The van der Waals surface area contributed by atoms with E-state index >= 15 is 0 Å². The third-order valence-corrected chi connectivity index (χ3v) is 3.51. The van der Waals surface area contributed by atoms with Crippen LogP contribution in [-0.4, -0.2) is 18.4 Å². The molecule has 0 bridgehead atoms. The van der Waals surface area contributed by atoms with Crippen molar-refractivity contribution < 1.29 is 9.59 Å². The summed E-state index contributed by atoms with van der Waals surface area (Å²) in [5.74, 6) is -0.427. The summed E-state index contributed by atoms with van der Waals surface area (Å²) in [4.78, 5) is 24.4. The lowest BCUT2D eigenvalue weighted by atomic mass is 10.0. The number of amides is 2. The molecule has 0 heterocycles. The van der Waals surface area contributed by atoms with Crippen LogP contribution in [0.1, 0.15) is 24.0 Å². The van der Waals surface area contributed by atoms with Gasteiger partial charge in [0.2, 0.25) is 11.8 Å². The van der Waals surface area contributed by atoms with Gasteiger partial charge in [-0.15, -0.1) is 6.58 Å². The fourth-order valence-electron chi connectivity index (χ4n) is 2.31. The number of aryl methyl sites for hydroxylation is 2. The first-order valence-electron chi connectivity index (χ1n) is 6.77. The van der Waals surface area contributed by atoms with E-state index in [1.807, 2.05) is 32.0 Å². The summed E-state index contributed by atoms with van der Waals surface area (Å²) < 4.78 is 0. The van der Waals surface area contributed by atoms with Crippen LogP contribution in [0.4, 0.5) is 5.69 Å². The molecule has 0 atom stereocenters. The van der Waals surface area contributed by atoms with Gasteiger partial charge in [0, 0.05) is 12.2 Å². The van der Waals surface area contributed by atoms with Gasteiger partial charge in [0.15, 0.2) is 0 Å². The van der Waals surface area contributed by atoms with Crippen molar-refractivity contribution in [1.29, 1.82) is 0 Å². The molecular formula is C16H20N2O2. The summed E-state index contributed by atoms with van der Waals surface area (Å²) in [7, 11) is 0. The van der Waals surface area contributed by atoms with Crippen LogP contribution in [0.3, 0.4) is 0 Å². The molecule has 2 rings (SSSR count). The summed E-state index contributed by atoms with van der Waals surface area (Å²) in [6, 6.07) is 5.85. The molecule has 20 heavy (non-hydrogen) atoms. The van der Waals surface area contributed by atoms with Gasteiger partial charge in [-0.2, -0.15) is 0 Å². The van der Waals surface area contributed by atoms with Gasteiger partial charge < -0.3 is 10.6 Å². The molecule has 1 fully saturated rings. The molecule has 1 aromatic carbocycles. The van der Waals surface area contributed by atoms with Crippen molar-refractivity contribution >= 4 is 17.5 Å². The molecule has 1 saturated carbocycles. The molecule has 4 heteroatoms. The number of anilines is 1. The minimum atomic E-state index is -0.888. The second-order valence-electron chi connectivity index (χ2n) is 5.41. The molecule has 4 nitrogen and oxygen atoms in total. The molecule has 2 amide bonds. The zero-order valence-corrected chi connectivity index (χ0v) is 12.0. The Hall–Kier alpha value is -2.10. The smallest absolute Gasteiger partial charge is 0.240 e. The lowest BCUT2D eigenvalue weighted by Gasteiger charge is -2.15. The maximum Gasteiger partial charge on any atom is 0.240 e. The minimum absolute atomic E-state index is 0.209. The lowest BCUT2D eigenvalue weighted by molar-refractivity contribution is -0.134. The van der Waals surface area contributed by atoms with Gasteiger partial charge in [0.25, 0.3) is 0 Å². The second-order valence-corrected chi connectivity index (χ2v) is 5.41. The Balaban J connectivity index is 2.08. The second kappa shape index (κ2) is 5.49. The van der Waals surface area contributed by atoms with Gasteiger partial charge in [-0.3, -0.25) is 9.59 Å². The van der Waals surface area contributed by atoms with Gasteiger partial charge in [-0.1, -0.05) is 12.1 Å². The maximum atomic E-state index is 12.3. The SMILES string of the molecule is C=CCNC(=O)C1(C(=O)Nc2cc(C)cc(C)c2)CC1. The number of hydrogen-bond acceptors (Lipinski definition) is 2. The topological polar surface area (TPSA) is 58.2 Å². The first kappa shape index (κ1) is 14.3. The molecule has 1 aliphatic rings. The first-order valence-corrected chi connectivity index (χ1v) is 6.77. The highest BCUT2D eigenvalue weighted by Crippen LogP contribution is 2.46. The van der Waals surface area contributed by atoms with Crippen molar-refractivity contribution in [2.45, 2.75) is 26.7 Å². The molecule has 0 aromatic heterocycles. The lowest BCUT2D eigenvalue weighted by Crippen LogP contribution is -2.40. The van der Waals surface area contributed by atoms with Crippen molar-refractivity contribution in [1.82, 2.24) is 5.32 Å². The molecule has 0 saturated heterocycles. The fraction of sp³-hybridized carbons (Fsp3) is 0.375. The number of rotatable bonds is 5. The van der Waals surface area contributed by atoms with E-state index in [2.05, 4.69) is 17.2 Å². The Morgan fingerprint density at radius 2 is 1.80 bits per heavy atom. The van der Waals surface area contributed by atoms with Crippen molar-refractivity contribution in [2.24, 2.45) is 5.41 Å². The van der Waals surface area contributed by atoms with Crippen LogP contribution in [0.2, 0.25) is 0 Å². The van der Waals surface area contributed by atoms with Gasteiger partial charge in [-0.25, -0.2) is 0 Å². The van der Waals surface area contributed by atoms with Crippen molar-refractivity contribution in [2.75, 3.05) is 11.9 Å². The van der Waals surface area contributed by atoms with Gasteiger partial charge in [-0.05, 0) is 49.9 Å². The molecule has 0 aliphatic heterocycles. The van der Waals surface area contributed by atoms with Crippen LogP contribution in [0, 0.1) is 19.3 Å². The quantitative estimate of drug-likeness (QED) is 0.638. The van der Waals surface area contributed by atoms with Crippen molar-refractivity contribution in [3.8, 4) is 0 Å². The predicted molar refractivity (Wildman–Crippen MR) is 79.4 cm³/mol. The van der Waals surface area contributed by atoms with E-state index < -0.39 is 5.41 Å². The van der Waals surface area contributed by atoms with Crippen LogP contribution in [-0.2, 0) is 9.59 Å². The number of carbonyl (C=O) groups is 2. The Bertz CT molecular complexity index is 539. The fourth-order valence-corrected chi connectivity index (χ4v) is 2.31. The number of benzene rings is 1. The van der Waals surface area contributed by atoms with E-state index in [0.717, 1.165) is 16.8 Å². The normalized spacial score (nSPS) is 15.3. The van der Waals surface area contributed by atoms with Crippen LogP contribution >= 0.6 is 0 Å². The number of carbonyl (C=O) groups excluding carboxylic acids is 2. The zero-order valence-electron chi connectivity index (χ0n) is 12.0. The standard InChI is InChI=1S/C16H20N2O2/c1-4-7-17-14(19)16(5-6-16)15(20)18-13-9-11(2)8-12(3)10-13/h4,8-10H,1,5-7H2,2-3H3,(H,17,19)(H,18,20). The summed E-state index contributed by atoms with van der Waals surface area (Å²) in [6.07, 6.45) is 2.81. The van der Waals surface area contributed by atoms with E-state index in [0.29, 0.717) is 19.4 Å². The Morgan fingerprint density at radius 1 is 1.20 bits per heavy atom. The molecule has 106 valence electrons. The molecule has 0 unspecified atom stereocenters. The molecular weight excluding hydrogens is 252 g/mol. The number of nitrogens with one attached hydrogen (secondary N) is 2. The molecule has 1 aliphatic carbocycles. The summed E-state index contributed by atoms with van der Waals surface area (Å²) >= 11 is 0. The molecule has 2 N–H and O–H groups in total. The summed E-state index contributed by atoms with van der Waals surface area (Å²) in [6.45, 7) is 7.90. The molecule has 0 radical (unpaired) electrons. The number of hydrogen-bond donors (Lipinski definition) is 2. The zero-order chi connectivity index (χ0) is 14.8. The summed E-state index contributed by atoms with van der Waals surface area (Å²) in [5.41, 5.74) is 2.03. The molecule has 0 spiro atoms. The maximum absolute atomic E-state index is 12.3. The average molecular weight is 272 g/mol. The van der Waals surface area contributed by atoms with E-state index in [1.165, 1.54) is 0 Å². The van der Waals surface area contributed by atoms with Crippen LogP contribution in [0.5, 0.6) is 0 Å². The van der Waals surface area contributed by atoms with Crippen LogP contribution in [0.25, 0.3) is 0 Å². The Labute approximate surface area is 119 Å². The summed E-state index contributed by atoms with van der Waals surface area (Å²) in [5, 5.41) is 5.56.